The molecule has 2 rings (SSSR count). The maximum absolute atomic E-state index is 11.7. The number of allylic oxidation sites excluding steroid dienone is 1. The van der Waals surface area contributed by atoms with Crippen molar-refractivity contribution >= 4 is 9.84 Å². The van der Waals surface area contributed by atoms with Gasteiger partial charge in [-0.15, -0.1) is 0 Å². The molecule has 0 aromatic carbocycles. The van der Waals surface area contributed by atoms with Gasteiger partial charge in [-0.05, 0) is 55.9 Å². The van der Waals surface area contributed by atoms with Crippen molar-refractivity contribution in [3.63, 3.8) is 0 Å². The average molecular weight is 286 g/mol. The molecule has 1 atom stereocenters. The van der Waals surface area contributed by atoms with E-state index in [4.69, 9.17) is 4.74 Å². The van der Waals surface area contributed by atoms with Crippen LogP contribution in [0.25, 0.3) is 0 Å². The smallest absolute Gasteiger partial charge is 0.150 e. The van der Waals surface area contributed by atoms with Gasteiger partial charge in [0.2, 0.25) is 0 Å². The predicted octanol–water partition coefficient (Wildman–Crippen LogP) is 3.46. The van der Waals surface area contributed by atoms with Crippen LogP contribution in [0.4, 0.5) is 0 Å². The first-order valence-electron chi connectivity index (χ1n) is 7.49. The summed E-state index contributed by atoms with van der Waals surface area (Å²) in [5.74, 6) is 0.702. The molecule has 1 aliphatic carbocycles. The van der Waals surface area contributed by atoms with Crippen LogP contribution in [0.5, 0.6) is 0 Å². The van der Waals surface area contributed by atoms with Gasteiger partial charge >= 0.3 is 0 Å². The van der Waals surface area contributed by atoms with Gasteiger partial charge in [0.1, 0.15) is 0 Å². The molecule has 4 heteroatoms. The second kappa shape index (κ2) is 6.29. The van der Waals surface area contributed by atoms with E-state index in [2.05, 4.69) is 6.92 Å². The third-order valence-corrected chi connectivity index (χ3v) is 6.42. The van der Waals surface area contributed by atoms with Crippen molar-refractivity contribution < 1.29 is 13.2 Å². The Hall–Kier alpha value is -0.510. The molecule has 1 unspecified atom stereocenters. The second-order valence-corrected chi connectivity index (χ2v) is 8.65. The van der Waals surface area contributed by atoms with Crippen molar-refractivity contribution in [1.29, 1.82) is 0 Å². The minimum atomic E-state index is -2.82. The topological polar surface area (TPSA) is 43.4 Å². The van der Waals surface area contributed by atoms with E-state index in [1.165, 1.54) is 37.7 Å². The monoisotopic (exact) mass is 286 g/mol. The lowest BCUT2D eigenvalue weighted by atomic mass is 9.84. The Morgan fingerprint density at radius 2 is 1.95 bits per heavy atom. The summed E-state index contributed by atoms with van der Waals surface area (Å²) >= 11 is 0. The Morgan fingerprint density at radius 3 is 2.63 bits per heavy atom. The van der Waals surface area contributed by atoms with Gasteiger partial charge in [0, 0.05) is 0 Å². The third-order valence-electron chi connectivity index (χ3n) is 4.37. The molecule has 1 saturated carbocycles. The number of ether oxygens (including phenoxy) is 1. The molecule has 1 aliphatic heterocycles. The molecule has 0 radical (unpaired) electrons. The van der Waals surface area contributed by atoms with Crippen molar-refractivity contribution in [3.05, 3.63) is 11.8 Å². The van der Waals surface area contributed by atoms with Crippen LogP contribution < -0.4 is 0 Å². The first kappa shape index (κ1) is 14.9. The lowest BCUT2D eigenvalue weighted by Gasteiger charge is -2.32. The third kappa shape index (κ3) is 4.83. The van der Waals surface area contributed by atoms with Crippen molar-refractivity contribution in [1.82, 2.24) is 0 Å². The fraction of sp³-hybridized carbons (Fsp3) is 0.867. The van der Waals surface area contributed by atoms with E-state index in [1.54, 1.807) is 0 Å². The Morgan fingerprint density at radius 1 is 1.21 bits per heavy atom. The van der Waals surface area contributed by atoms with Gasteiger partial charge in [-0.2, -0.15) is 0 Å². The Bertz CT molecular complexity index is 417. The number of hydrogen-bond donors (Lipinski definition) is 0. The maximum Gasteiger partial charge on any atom is 0.150 e. The first-order valence-corrected chi connectivity index (χ1v) is 9.31. The molecule has 110 valence electrons. The molecule has 2 fully saturated rings. The molecular weight excluding hydrogens is 260 g/mol. The summed E-state index contributed by atoms with van der Waals surface area (Å²) in [4.78, 5) is 0. The van der Waals surface area contributed by atoms with Crippen LogP contribution >= 0.6 is 0 Å². The normalized spacial score (nSPS) is 30.9. The van der Waals surface area contributed by atoms with Crippen molar-refractivity contribution in [3.8, 4) is 0 Å². The van der Waals surface area contributed by atoms with E-state index in [-0.39, 0.29) is 5.41 Å². The van der Waals surface area contributed by atoms with Gasteiger partial charge < -0.3 is 4.74 Å². The zero-order valence-electron chi connectivity index (χ0n) is 12.0. The van der Waals surface area contributed by atoms with Crippen molar-refractivity contribution in [2.24, 2.45) is 5.41 Å². The standard InChI is InChI=1S/C15H26O3S/c1-15(8-5-11-19(16,17)13-15)9-10-18-12-14-6-3-2-4-7-14/h12H,2-11,13H2,1H3. The lowest BCUT2D eigenvalue weighted by molar-refractivity contribution is 0.175. The van der Waals surface area contributed by atoms with Gasteiger partial charge in [-0.1, -0.05) is 13.3 Å². The van der Waals surface area contributed by atoms with Crippen LogP contribution in [0.1, 0.15) is 58.3 Å². The Labute approximate surface area is 117 Å². The molecule has 0 aromatic heterocycles. The minimum Gasteiger partial charge on any atom is -0.501 e. The van der Waals surface area contributed by atoms with E-state index < -0.39 is 9.84 Å². The Kier molecular flexibility index (Phi) is 4.93. The summed E-state index contributed by atoms with van der Waals surface area (Å²) in [5, 5.41) is 0. The van der Waals surface area contributed by atoms with Crippen LogP contribution in [0, 0.1) is 5.41 Å². The quantitative estimate of drug-likeness (QED) is 0.587. The van der Waals surface area contributed by atoms with Crippen LogP contribution in [-0.4, -0.2) is 26.5 Å². The van der Waals surface area contributed by atoms with Gasteiger partial charge in [-0.25, -0.2) is 8.42 Å². The minimum absolute atomic E-state index is 0.0812. The summed E-state index contributed by atoms with van der Waals surface area (Å²) in [6.45, 7) is 2.73. The van der Waals surface area contributed by atoms with E-state index in [1.807, 2.05) is 6.26 Å². The molecule has 2 aliphatic rings. The van der Waals surface area contributed by atoms with Crippen LogP contribution in [-0.2, 0) is 14.6 Å². The molecule has 0 amide bonds. The summed E-state index contributed by atoms with van der Waals surface area (Å²) in [6.07, 6.45) is 10.8. The van der Waals surface area contributed by atoms with Crippen LogP contribution in [0.15, 0.2) is 11.8 Å². The zero-order valence-corrected chi connectivity index (χ0v) is 12.8. The highest BCUT2D eigenvalue weighted by atomic mass is 32.2. The van der Waals surface area contributed by atoms with E-state index in [0.29, 0.717) is 18.1 Å². The molecule has 0 bridgehead atoms. The summed E-state index contributed by atoms with van der Waals surface area (Å²) in [6, 6.07) is 0. The maximum atomic E-state index is 11.7. The predicted molar refractivity (Wildman–Crippen MR) is 77.7 cm³/mol. The number of hydrogen-bond acceptors (Lipinski definition) is 3. The van der Waals surface area contributed by atoms with Crippen molar-refractivity contribution in [2.75, 3.05) is 18.1 Å². The average Bonchev–Trinajstić information content (AvgIpc) is 2.34. The molecular formula is C15H26O3S. The molecule has 0 aromatic rings. The fourth-order valence-corrected chi connectivity index (χ4v) is 5.28. The summed E-state index contributed by atoms with van der Waals surface area (Å²) in [5.41, 5.74) is 1.34. The van der Waals surface area contributed by atoms with E-state index >= 15 is 0 Å². The van der Waals surface area contributed by atoms with Crippen LogP contribution in [0.3, 0.4) is 0 Å². The van der Waals surface area contributed by atoms with Gasteiger partial charge in [0.15, 0.2) is 9.84 Å². The zero-order chi connectivity index (χ0) is 13.8. The van der Waals surface area contributed by atoms with Gasteiger partial charge in [0.25, 0.3) is 0 Å². The van der Waals surface area contributed by atoms with Crippen molar-refractivity contribution in [2.45, 2.75) is 58.3 Å². The van der Waals surface area contributed by atoms with Gasteiger partial charge in [0.05, 0.1) is 24.4 Å². The van der Waals surface area contributed by atoms with Gasteiger partial charge in [-0.3, -0.25) is 0 Å². The SMILES string of the molecule is CC1(CCOC=C2CCCCC2)CCCS(=O)(=O)C1. The summed E-state index contributed by atoms with van der Waals surface area (Å²) in [7, 11) is -2.82. The highest BCUT2D eigenvalue weighted by molar-refractivity contribution is 7.91. The second-order valence-electron chi connectivity index (χ2n) is 6.46. The molecule has 0 N–H and O–H groups in total. The van der Waals surface area contributed by atoms with E-state index in [0.717, 1.165) is 19.3 Å². The molecule has 1 heterocycles. The van der Waals surface area contributed by atoms with E-state index in [9.17, 15) is 8.42 Å². The number of sulfone groups is 1. The summed E-state index contributed by atoms with van der Waals surface area (Å²) < 4.78 is 29.0. The highest BCUT2D eigenvalue weighted by Crippen LogP contribution is 2.34. The highest BCUT2D eigenvalue weighted by Gasteiger charge is 2.34. The molecule has 0 spiro atoms. The number of rotatable bonds is 4. The molecule has 19 heavy (non-hydrogen) atoms. The fourth-order valence-electron chi connectivity index (χ4n) is 3.20. The molecule has 3 nitrogen and oxygen atoms in total. The molecule has 1 saturated heterocycles. The lowest BCUT2D eigenvalue weighted by Crippen LogP contribution is -2.34. The van der Waals surface area contributed by atoms with Crippen LogP contribution in [0.2, 0.25) is 0 Å². The first-order chi connectivity index (χ1) is 8.99. The largest absolute Gasteiger partial charge is 0.501 e. The Balaban J connectivity index is 1.75.